The summed E-state index contributed by atoms with van der Waals surface area (Å²) in [5.41, 5.74) is 1.10. The molecule has 0 unspecified atom stereocenters. The Kier molecular flexibility index (Phi) is 6.53. The summed E-state index contributed by atoms with van der Waals surface area (Å²) in [6, 6.07) is 3.23. The summed E-state index contributed by atoms with van der Waals surface area (Å²) < 4.78 is 36.2. The molecular weight excluding hydrogens is 368 g/mol. The van der Waals surface area contributed by atoms with Gasteiger partial charge in [0.25, 0.3) is 0 Å². The van der Waals surface area contributed by atoms with Gasteiger partial charge in [-0.1, -0.05) is 11.6 Å². The van der Waals surface area contributed by atoms with Crippen molar-refractivity contribution in [3.63, 3.8) is 0 Å². The number of carbonyl (C=O) groups excluding carboxylic acids is 1. The molecular formula is C16H23ClN2O5S. The van der Waals surface area contributed by atoms with Crippen LogP contribution in [0.25, 0.3) is 0 Å². The molecule has 2 rings (SSSR count). The van der Waals surface area contributed by atoms with E-state index in [9.17, 15) is 13.2 Å². The van der Waals surface area contributed by atoms with Crippen LogP contribution >= 0.6 is 11.6 Å². The summed E-state index contributed by atoms with van der Waals surface area (Å²) in [7, 11) is -2.14. The van der Waals surface area contributed by atoms with Gasteiger partial charge >= 0.3 is 0 Å². The topological polar surface area (TPSA) is 76.2 Å². The first-order valence-corrected chi connectivity index (χ1v) is 10.1. The Morgan fingerprint density at radius 1 is 1.36 bits per heavy atom. The normalized spacial score (nSPS) is 15.1. The van der Waals surface area contributed by atoms with Gasteiger partial charge in [0.2, 0.25) is 15.9 Å². The summed E-state index contributed by atoms with van der Waals surface area (Å²) in [6.07, 6.45) is 1.19. The van der Waals surface area contributed by atoms with Crippen LogP contribution < -0.4 is 9.04 Å². The van der Waals surface area contributed by atoms with Crippen LogP contribution in [0.15, 0.2) is 12.1 Å². The molecule has 1 aliphatic heterocycles. The van der Waals surface area contributed by atoms with Crippen molar-refractivity contribution < 1.29 is 22.7 Å². The maximum absolute atomic E-state index is 12.3. The summed E-state index contributed by atoms with van der Waals surface area (Å²) >= 11 is 6.09. The number of hydrogen-bond acceptors (Lipinski definition) is 5. The number of nitrogens with zero attached hydrogens (tertiary/aromatic N) is 2. The first-order chi connectivity index (χ1) is 11.7. The number of amides is 1. The molecule has 1 saturated heterocycles. The number of hydrogen-bond donors (Lipinski definition) is 0. The zero-order valence-electron chi connectivity index (χ0n) is 14.6. The van der Waals surface area contributed by atoms with Crippen molar-refractivity contribution in [3.05, 3.63) is 22.7 Å². The predicted octanol–water partition coefficient (Wildman–Crippen LogP) is 1.67. The third kappa shape index (κ3) is 4.99. The monoisotopic (exact) mass is 390 g/mol. The van der Waals surface area contributed by atoms with Crippen molar-refractivity contribution in [2.45, 2.75) is 13.3 Å². The molecule has 1 aromatic carbocycles. The molecule has 1 aromatic rings. The van der Waals surface area contributed by atoms with Gasteiger partial charge in [0.1, 0.15) is 5.75 Å². The molecule has 1 fully saturated rings. The SMILES string of the molecule is COc1cc(Cl)c(C)cc1N(CCC(=O)N1CCOCC1)S(C)(=O)=O. The summed E-state index contributed by atoms with van der Waals surface area (Å²) in [5, 5.41) is 0.485. The number of anilines is 1. The van der Waals surface area contributed by atoms with Crippen molar-refractivity contribution >= 4 is 33.2 Å². The maximum atomic E-state index is 12.3. The Bertz CT molecular complexity index is 732. The van der Waals surface area contributed by atoms with Crippen LogP contribution in [0.2, 0.25) is 5.02 Å². The van der Waals surface area contributed by atoms with Crippen molar-refractivity contribution in [2.75, 3.05) is 50.5 Å². The van der Waals surface area contributed by atoms with Gasteiger partial charge in [-0.15, -0.1) is 0 Å². The fourth-order valence-corrected chi connectivity index (χ4v) is 3.72. The zero-order chi connectivity index (χ0) is 18.6. The number of carbonyl (C=O) groups is 1. The molecule has 9 heteroatoms. The fourth-order valence-electron chi connectivity index (χ4n) is 2.64. The van der Waals surface area contributed by atoms with E-state index in [-0.39, 0.29) is 18.9 Å². The van der Waals surface area contributed by atoms with Gasteiger partial charge in [0.05, 0.1) is 32.3 Å². The van der Waals surface area contributed by atoms with Crippen LogP contribution in [0.3, 0.4) is 0 Å². The lowest BCUT2D eigenvalue weighted by atomic mass is 10.2. The van der Waals surface area contributed by atoms with Crippen LogP contribution in [0.4, 0.5) is 5.69 Å². The largest absolute Gasteiger partial charge is 0.494 e. The van der Waals surface area contributed by atoms with Gasteiger partial charge < -0.3 is 14.4 Å². The number of benzene rings is 1. The highest BCUT2D eigenvalue weighted by Crippen LogP contribution is 2.35. The van der Waals surface area contributed by atoms with Gasteiger partial charge in [-0.25, -0.2) is 8.42 Å². The molecule has 0 radical (unpaired) electrons. The minimum absolute atomic E-state index is 0.0342. The van der Waals surface area contributed by atoms with E-state index in [1.165, 1.54) is 11.4 Å². The molecule has 25 heavy (non-hydrogen) atoms. The molecule has 1 amide bonds. The average molecular weight is 391 g/mol. The Labute approximate surface area is 153 Å². The zero-order valence-corrected chi connectivity index (χ0v) is 16.2. The van der Waals surface area contributed by atoms with Crippen molar-refractivity contribution in [3.8, 4) is 5.75 Å². The van der Waals surface area contributed by atoms with Crippen LogP contribution in [0, 0.1) is 6.92 Å². The molecule has 1 heterocycles. The molecule has 0 N–H and O–H groups in total. The highest BCUT2D eigenvalue weighted by atomic mass is 35.5. The molecule has 0 atom stereocenters. The van der Waals surface area contributed by atoms with Gasteiger partial charge in [-0.2, -0.15) is 0 Å². The van der Waals surface area contributed by atoms with Crippen LogP contribution in [-0.2, 0) is 19.6 Å². The predicted molar refractivity (Wildman–Crippen MR) is 96.9 cm³/mol. The number of rotatable bonds is 6. The molecule has 7 nitrogen and oxygen atoms in total. The molecule has 1 aliphatic rings. The Morgan fingerprint density at radius 3 is 2.56 bits per heavy atom. The Hall–Kier alpha value is -1.51. The third-order valence-electron chi connectivity index (χ3n) is 4.02. The van der Waals surface area contributed by atoms with E-state index >= 15 is 0 Å². The van der Waals surface area contributed by atoms with Crippen molar-refractivity contribution in [1.29, 1.82) is 0 Å². The smallest absolute Gasteiger partial charge is 0.232 e. The number of ether oxygens (including phenoxy) is 2. The van der Waals surface area contributed by atoms with Crippen molar-refractivity contribution in [1.82, 2.24) is 4.90 Å². The quantitative estimate of drug-likeness (QED) is 0.738. The lowest BCUT2D eigenvalue weighted by Crippen LogP contribution is -2.42. The van der Waals surface area contributed by atoms with Gasteiger partial charge in [-0.3, -0.25) is 9.10 Å². The van der Waals surface area contributed by atoms with E-state index in [1.54, 1.807) is 24.0 Å². The summed E-state index contributed by atoms with van der Waals surface area (Å²) in [4.78, 5) is 14.0. The van der Waals surface area contributed by atoms with E-state index < -0.39 is 10.0 Å². The Morgan fingerprint density at radius 2 is 2.00 bits per heavy atom. The molecule has 0 bridgehead atoms. The number of methoxy groups -OCH3 is 1. The number of halogens is 1. The lowest BCUT2D eigenvalue weighted by molar-refractivity contribution is -0.135. The summed E-state index contributed by atoms with van der Waals surface area (Å²) in [6.45, 7) is 3.89. The first-order valence-electron chi connectivity index (χ1n) is 7.91. The standard InChI is InChI=1S/C16H23ClN2O5S/c1-12-10-14(15(23-2)11-13(12)17)19(25(3,21)22)5-4-16(20)18-6-8-24-9-7-18/h10-11H,4-9H2,1-3H3. The van der Waals surface area contributed by atoms with Gasteiger partial charge in [0.15, 0.2) is 0 Å². The lowest BCUT2D eigenvalue weighted by Gasteiger charge is -2.29. The summed E-state index contributed by atoms with van der Waals surface area (Å²) in [5.74, 6) is 0.251. The minimum Gasteiger partial charge on any atom is -0.494 e. The fraction of sp³-hybridized carbons (Fsp3) is 0.562. The molecule has 0 spiro atoms. The second kappa shape index (κ2) is 8.25. The second-order valence-electron chi connectivity index (χ2n) is 5.85. The van der Waals surface area contributed by atoms with E-state index in [1.807, 2.05) is 0 Å². The average Bonchev–Trinajstić information content (AvgIpc) is 2.57. The minimum atomic E-state index is -3.59. The van der Waals surface area contributed by atoms with E-state index in [2.05, 4.69) is 0 Å². The van der Waals surface area contributed by atoms with Crippen LogP contribution in [-0.4, -0.2) is 65.4 Å². The highest BCUT2D eigenvalue weighted by Gasteiger charge is 2.25. The van der Waals surface area contributed by atoms with Crippen LogP contribution in [0.1, 0.15) is 12.0 Å². The van der Waals surface area contributed by atoms with Crippen molar-refractivity contribution in [2.24, 2.45) is 0 Å². The molecule has 0 aromatic heterocycles. The molecule has 0 aliphatic carbocycles. The van der Waals surface area contributed by atoms with E-state index in [0.29, 0.717) is 42.8 Å². The second-order valence-corrected chi connectivity index (χ2v) is 8.17. The molecule has 140 valence electrons. The first kappa shape index (κ1) is 19.8. The highest BCUT2D eigenvalue weighted by molar-refractivity contribution is 7.92. The number of morpholine rings is 1. The number of aryl methyl sites for hydroxylation is 1. The van der Waals surface area contributed by atoms with Crippen LogP contribution in [0.5, 0.6) is 5.75 Å². The third-order valence-corrected chi connectivity index (χ3v) is 5.61. The van der Waals surface area contributed by atoms with Gasteiger partial charge in [0, 0.05) is 37.1 Å². The number of sulfonamides is 1. The maximum Gasteiger partial charge on any atom is 0.232 e. The van der Waals surface area contributed by atoms with E-state index in [4.69, 9.17) is 21.1 Å². The molecule has 0 saturated carbocycles. The Balaban J connectivity index is 2.23. The van der Waals surface area contributed by atoms with E-state index in [0.717, 1.165) is 11.8 Å². The van der Waals surface area contributed by atoms with Gasteiger partial charge in [-0.05, 0) is 18.6 Å².